The van der Waals surface area contributed by atoms with Gasteiger partial charge in [-0.25, -0.2) is 0 Å². The first-order chi connectivity index (χ1) is 7.82. The van der Waals surface area contributed by atoms with E-state index in [2.05, 4.69) is 25.7 Å². The van der Waals surface area contributed by atoms with Crippen LogP contribution in [-0.4, -0.2) is 34.1 Å². The lowest BCUT2D eigenvalue weighted by molar-refractivity contribution is -0.153. The molecule has 1 aliphatic rings. The summed E-state index contributed by atoms with van der Waals surface area (Å²) in [6.45, 7) is 11.1. The molecular formula is C14H27NO2. The van der Waals surface area contributed by atoms with Crippen LogP contribution in [0.3, 0.4) is 0 Å². The second-order valence-corrected chi connectivity index (χ2v) is 6.03. The van der Waals surface area contributed by atoms with E-state index in [1.807, 2.05) is 13.8 Å². The number of hydrogen-bond donors (Lipinski definition) is 1. The van der Waals surface area contributed by atoms with Crippen molar-refractivity contribution in [1.82, 2.24) is 4.90 Å². The van der Waals surface area contributed by atoms with Crippen molar-refractivity contribution < 1.29 is 9.90 Å². The van der Waals surface area contributed by atoms with E-state index in [0.717, 1.165) is 6.54 Å². The van der Waals surface area contributed by atoms with E-state index >= 15 is 0 Å². The van der Waals surface area contributed by atoms with Crippen LogP contribution in [0.4, 0.5) is 0 Å². The van der Waals surface area contributed by atoms with Crippen LogP contribution in [0.2, 0.25) is 0 Å². The van der Waals surface area contributed by atoms with Gasteiger partial charge in [-0.3, -0.25) is 9.69 Å². The Bertz CT molecular complexity index is 265. The third-order valence-electron chi connectivity index (χ3n) is 4.43. The Kier molecular flexibility index (Phi) is 4.59. The Morgan fingerprint density at radius 3 is 2.12 bits per heavy atom. The highest BCUT2D eigenvalue weighted by Gasteiger charge is 2.42. The fraction of sp³-hybridized carbons (Fsp3) is 0.929. The molecule has 2 atom stereocenters. The minimum atomic E-state index is -0.765. The molecule has 0 heterocycles. The Hall–Kier alpha value is -0.570. The fourth-order valence-electron chi connectivity index (χ4n) is 3.38. The zero-order chi connectivity index (χ0) is 13.2. The molecule has 3 nitrogen and oxygen atoms in total. The standard InChI is InChI=1S/C14H27NO2/c1-6-15(14(4,5)13(16)17)12-10(2)8-7-9-11(12)3/h10-12H,6-9H2,1-5H3,(H,16,17). The monoisotopic (exact) mass is 241 g/mol. The zero-order valence-corrected chi connectivity index (χ0v) is 11.9. The first kappa shape index (κ1) is 14.5. The molecule has 100 valence electrons. The van der Waals surface area contributed by atoms with Gasteiger partial charge in [0.05, 0.1) is 0 Å². The van der Waals surface area contributed by atoms with E-state index in [9.17, 15) is 9.90 Å². The molecule has 1 saturated carbocycles. The molecule has 1 fully saturated rings. The Morgan fingerprint density at radius 1 is 1.29 bits per heavy atom. The molecule has 1 N–H and O–H groups in total. The first-order valence-corrected chi connectivity index (χ1v) is 6.82. The van der Waals surface area contributed by atoms with Gasteiger partial charge in [0.25, 0.3) is 0 Å². The smallest absolute Gasteiger partial charge is 0.323 e. The summed E-state index contributed by atoms with van der Waals surface area (Å²) in [5, 5.41) is 9.40. The lowest BCUT2D eigenvalue weighted by atomic mass is 9.76. The van der Waals surface area contributed by atoms with Crippen molar-refractivity contribution in [2.24, 2.45) is 11.8 Å². The molecule has 1 aliphatic carbocycles. The lowest BCUT2D eigenvalue weighted by Crippen LogP contribution is -2.59. The van der Waals surface area contributed by atoms with Crippen LogP contribution in [-0.2, 0) is 4.79 Å². The van der Waals surface area contributed by atoms with Crippen molar-refractivity contribution in [2.45, 2.75) is 65.5 Å². The number of carboxylic acids is 1. The molecule has 0 saturated heterocycles. The third kappa shape index (κ3) is 2.82. The van der Waals surface area contributed by atoms with Crippen molar-refractivity contribution in [3.05, 3.63) is 0 Å². The summed E-state index contributed by atoms with van der Waals surface area (Å²) in [6, 6.07) is 0.403. The fourth-order valence-corrected chi connectivity index (χ4v) is 3.38. The van der Waals surface area contributed by atoms with E-state index in [0.29, 0.717) is 17.9 Å². The normalized spacial score (nSPS) is 30.6. The number of aliphatic carboxylic acids is 1. The molecule has 0 amide bonds. The molecule has 0 radical (unpaired) electrons. The predicted molar refractivity (Wildman–Crippen MR) is 70.1 cm³/mol. The van der Waals surface area contributed by atoms with Crippen LogP contribution in [0.25, 0.3) is 0 Å². The third-order valence-corrected chi connectivity index (χ3v) is 4.43. The summed E-state index contributed by atoms with van der Waals surface area (Å²) in [4.78, 5) is 13.6. The number of rotatable bonds is 4. The molecule has 3 heteroatoms. The quantitative estimate of drug-likeness (QED) is 0.822. The molecule has 0 spiro atoms. The Balaban J connectivity index is 2.95. The minimum Gasteiger partial charge on any atom is -0.480 e. The van der Waals surface area contributed by atoms with Gasteiger partial charge in [-0.15, -0.1) is 0 Å². The second kappa shape index (κ2) is 5.38. The molecular weight excluding hydrogens is 214 g/mol. The molecule has 0 aromatic heterocycles. The molecule has 0 aliphatic heterocycles. The summed E-state index contributed by atoms with van der Waals surface area (Å²) in [7, 11) is 0. The Labute approximate surface area is 105 Å². The second-order valence-electron chi connectivity index (χ2n) is 6.03. The van der Waals surface area contributed by atoms with Crippen molar-refractivity contribution in [3.63, 3.8) is 0 Å². The SMILES string of the molecule is CCN(C1C(C)CCCC1C)C(C)(C)C(=O)O. The topological polar surface area (TPSA) is 40.5 Å². The molecule has 2 unspecified atom stereocenters. The van der Waals surface area contributed by atoms with Gasteiger partial charge in [0.1, 0.15) is 5.54 Å². The summed E-state index contributed by atoms with van der Waals surface area (Å²) >= 11 is 0. The maximum Gasteiger partial charge on any atom is 0.323 e. The minimum absolute atomic E-state index is 0.403. The van der Waals surface area contributed by atoms with Crippen LogP contribution in [0.5, 0.6) is 0 Å². The van der Waals surface area contributed by atoms with Gasteiger partial charge in [0, 0.05) is 6.04 Å². The van der Waals surface area contributed by atoms with Gasteiger partial charge in [-0.05, 0) is 45.1 Å². The number of likely N-dealkylation sites (N-methyl/N-ethyl adjacent to an activating group) is 1. The average molecular weight is 241 g/mol. The van der Waals surface area contributed by atoms with E-state index < -0.39 is 11.5 Å². The van der Waals surface area contributed by atoms with Crippen LogP contribution in [0.1, 0.15) is 53.9 Å². The van der Waals surface area contributed by atoms with Crippen LogP contribution < -0.4 is 0 Å². The highest BCUT2D eigenvalue weighted by Crippen LogP contribution is 2.35. The van der Waals surface area contributed by atoms with Gasteiger partial charge in [0.2, 0.25) is 0 Å². The average Bonchev–Trinajstić information content (AvgIpc) is 2.23. The van der Waals surface area contributed by atoms with Gasteiger partial charge in [-0.2, -0.15) is 0 Å². The predicted octanol–water partition coefficient (Wildman–Crippen LogP) is 3.00. The number of hydrogen-bond acceptors (Lipinski definition) is 2. The van der Waals surface area contributed by atoms with Crippen molar-refractivity contribution >= 4 is 5.97 Å². The number of carbonyl (C=O) groups is 1. The lowest BCUT2D eigenvalue weighted by Gasteiger charge is -2.48. The van der Waals surface area contributed by atoms with Crippen molar-refractivity contribution in [3.8, 4) is 0 Å². The van der Waals surface area contributed by atoms with Gasteiger partial charge < -0.3 is 5.11 Å². The van der Waals surface area contributed by atoms with Crippen LogP contribution in [0.15, 0.2) is 0 Å². The van der Waals surface area contributed by atoms with Gasteiger partial charge >= 0.3 is 5.97 Å². The van der Waals surface area contributed by atoms with Crippen molar-refractivity contribution in [2.75, 3.05) is 6.54 Å². The maximum atomic E-state index is 11.4. The van der Waals surface area contributed by atoms with E-state index in [1.165, 1.54) is 19.3 Å². The summed E-state index contributed by atoms with van der Waals surface area (Å²) < 4.78 is 0. The van der Waals surface area contributed by atoms with E-state index in [-0.39, 0.29) is 0 Å². The van der Waals surface area contributed by atoms with Crippen LogP contribution >= 0.6 is 0 Å². The zero-order valence-electron chi connectivity index (χ0n) is 11.9. The highest BCUT2D eigenvalue weighted by molar-refractivity contribution is 5.77. The molecule has 1 rings (SSSR count). The van der Waals surface area contributed by atoms with Gasteiger partial charge in [0.15, 0.2) is 0 Å². The summed E-state index contributed by atoms with van der Waals surface area (Å²) in [5.74, 6) is 0.471. The Morgan fingerprint density at radius 2 is 1.76 bits per heavy atom. The molecule has 0 aromatic rings. The molecule has 0 aromatic carbocycles. The molecule has 0 bridgehead atoms. The largest absolute Gasteiger partial charge is 0.480 e. The van der Waals surface area contributed by atoms with E-state index in [1.54, 1.807) is 0 Å². The van der Waals surface area contributed by atoms with Crippen molar-refractivity contribution in [1.29, 1.82) is 0 Å². The maximum absolute atomic E-state index is 11.4. The van der Waals surface area contributed by atoms with E-state index in [4.69, 9.17) is 0 Å². The van der Waals surface area contributed by atoms with Crippen LogP contribution in [0, 0.1) is 11.8 Å². The van der Waals surface area contributed by atoms with Gasteiger partial charge in [-0.1, -0.05) is 27.2 Å². The highest BCUT2D eigenvalue weighted by atomic mass is 16.4. The summed E-state index contributed by atoms with van der Waals surface area (Å²) in [6.07, 6.45) is 3.73. The number of carboxylic acid groups (broad SMARTS) is 1. The first-order valence-electron chi connectivity index (χ1n) is 6.82. The molecule has 17 heavy (non-hydrogen) atoms. The summed E-state index contributed by atoms with van der Waals surface area (Å²) in [5.41, 5.74) is -0.765. The number of nitrogens with zero attached hydrogens (tertiary/aromatic N) is 1.